The van der Waals surface area contributed by atoms with Crippen LogP contribution in [0.4, 0.5) is 0 Å². The van der Waals surface area contributed by atoms with Gasteiger partial charge in [0.1, 0.15) is 0 Å². The van der Waals surface area contributed by atoms with Gasteiger partial charge in [-0.15, -0.1) is 0 Å². The smallest absolute Gasteiger partial charge is 0.0935 e. The molecule has 1 saturated heterocycles. The second kappa shape index (κ2) is 4.59. The molecule has 0 spiro atoms. The molecule has 2 heterocycles. The van der Waals surface area contributed by atoms with Crippen LogP contribution in [-0.4, -0.2) is 19.3 Å². The number of hydrazine groups is 1. The first-order valence-corrected chi connectivity index (χ1v) is 4.95. The van der Waals surface area contributed by atoms with Crippen molar-refractivity contribution >= 4 is 0 Å². The van der Waals surface area contributed by atoms with E-state index in [1.54, 1.807) is 12.5 Å². The fourth-order valence-electron chi connectivity index (χ4n) is 1.89. The molecule has 0 radical (unpaired) electrons. The Morgan fingerprint density at radius 1 is 1.64 bits per heavy atom. The van der Waals surface area contributed by atoms with Crippen LogP contribution in [0.25, 0.3) is 0 Å². The number of nitrogens with two attached hydrogens (primary N) is 1. The highest BCUT2D eigenvalue weighted by Crippen LogP contribution is 2.19. The first kappa shape index (κ1) is 9.71. The Labute approximate surface area is 83.4 Å². The molecule has 2 unspecified atom stereocenters. The maximum atomic E-state index is 5.53. The molecule has 1 aliphatic rings. The molecule has 1 aromatic rings. The van der Waals surface area contributed by atoms with Gasteiger partial charge in [0.2, 0.25) is 0 Å². The van der Waals surface area contributed by atoms with E-state index in [2.05, 4.69) is 5.43 Å². The molecule has 0 aliphatic carbocycles. The van der Waals surface area contributed by atoms with Crippen molar-refractivity contribution < 1.29 is 9.15 Å². The summed E-state index contributed by atoms with van der Waals surface area (Å²) in [6.07, 6.45) is 5.45. The first-order valence-electron chi connectivity index (χ1n) is 4.95. The van der Waals surface area contributed by atoms with Gasteiger partial charge in [-0.05, 0) is 24.5 Å². The lowest BCUT2D eigenvalue weighted by Gasteiger charge is -2.20. The molecule has 3 N–H and O–H groups in total. The molecule has 1 aliphatic heterocycles. The number of rotatable bonds is 4. The molecular formula is C10H16N2O2. The van der Waals surface area contributed by atoms with Crippen LogP contribution >= 0.6 is 0 Å². The van der Waals surface area contributed by atoms with E-state index in [1.807, 2.05) is 6.07 Å². The van der Waals surface area contributed by atoms with Crippen LogP contribution in [0.15, 0.2) is 23.0 Å². The monoisotopic (exact) mass is 196 g/mol. The molecule has 1 fully saturated rings. The second-order valence-electron chi connectivity index (χ2n) is 3.73. The van der Waals surface area contributed by atoms with E-state index in [0.29, 0.717) is 5.92 Å². The van der Waals surface area contributed by atoms with Gasteiger partial charge in [0.25, 0.3) is 0 Å². The maximum Gasteiger partial charge on any atom is 0.0935 e. The van der Waals surface area contributed by atoms with Gasteiger partial charge >= 0.3 is 0 Å². The van der Waals surface area contributed by atoms with Crippen LogP contribution in [0.3, 0.4) is 0 Å². The lowest BCUT2D eigenvalue weighted by molar-refractivity contribution is 0.176. The predicted molar refractivity (Wildman–Crippen MR) is 52.4 cm³/mol. The maximum absolute atomic E-state index is 5.53. The zero-order valence-electron chi connectivity index (χ0n) is 8.11. The van der Waals surface area contributed by atoms with Crippen molar-refractivity contribution in [1.29, 1.82) is 0 Å². The molecule has 4 heteroatoms. The quantitative estimate of drug-likeness (QED) is 0.549. The van der Waals surface area contributed by atoms with Crippen molar-refractivity contribution in [2.24, 2.45) is 11.8 Å². The Morgan fingerprint density at radius 2 is 2.57 bits per heavy atom. The predicted octanol–water partition coefficient (Wildman–Crippen LogP) is 0.690. The highest BCUT2D eigenvalue weighted by molar-refractivity contribution is 5.08. The fourth-order valence-corrected chi connectivity index (χ4v) is 1.89. The van der Waals surface area contributed by atoms with Crippen molar-refractivity contribution in [2.75, 3.05) is 13.2 Å². The first-order chi connectivity index (χ1) is 6.90. The van der Waals surface area contributed by atoms with Gasteiger partial charge in [-0.25, -0.2) is 0 Å². The third-order valence-electron chi connectivity index (χ3n) is 2.78. The van der Waals surface area contributed by atoms with Crippen LogP contribution in [0.1, 0.15) is 12.0 Å². The summed E-state index contributed by atoms with van der Waals surface area (Å²) < 4.78 is 10.4. The van der Waals surface area contributed by atoms with E-state index in [4.69, 9.17) is 15.0 Å². The molecule has 0 saturated carbocycles. The Hall–Kier alpha value is -0.840. The van der Waals surface area contributed by atoms with E-state index in [-0.39, 0.29) is 6.04 Å². The standard InChI is InChI=1S/C10H16N2O2/c11-12-10(9-2-4-14-7-9)5-8-1-3-13-6-8/h1,3,6,9-10,12H,2,4-5,7,11H2. The van der Waals surface area contributed by atoms with E-state index < -0.39 is 0 Å². The van der Waals surface area contributed by atoms with Crippen molar-refractivity contribution in [3.63, 3.8) is 0 Å². The van der Waals surface area contributed by atoms with E-state index in [1.165, 1.54) is 5.56 Å². The van der Waals surface area contributed by atoms with Crippen molar-refractivity contribution in [2.45, 2.75) is 18.9 Å². The number of ether oxygens (including phenoxy) is 1. The summed E-state index contributed by atoms with van der Waals surface area (Å²) in [7, 11) is 0. The molecule has 1 aromatic heterocycles. The third kappa shape index (κ3) is 2.15. The molecule has 0 amide bonds. The van der Waals surface area contributed by atoms with Gasteiger partial charge in [-0.2, -0.15) is 0 Å². The summed E-state index contributed by atoms with van der Waals surface area (Å²) in [6, 6.07) is 2.26. The van der Waals surface area contributed by atoms with Crippen LogP contribution < -0.4 is 11.3 Å². The summed E-state index contributed by atoms with van der Waals surface area (Å²) in [5, 5.41) is 0. The average molecular weight is 196 g/mol. The summed E-state index contributed by atoms with van der Waals surface area (Å²) in [5.74, 6) is 6.06. The third-order valence-corrected chi connectivity index (χ3v) is 2.78. The van der Waals surface area contributed by atoms with Gasteiger partial charge in [0.15, 0.2) is 0 Å². The van der Waals surface area contributed by atoms with Gasteiger partial charge in [0.05, 0.1) is 19.1 Å². The highest BCUT2D eigenvalue weighted by Gasteiger charge is 2.25. The van der Waals surface area contributed by atoms with Crippen molar-refractivity contribution in [1.82, 2.24) is 5.43 Å². The Balaban J connectivity index is 1.92. The van der Waals surface area contributed by atoms with Gasteiger partial charge in [0, 0.05) is 18.6 Å². The Morgan fingerprint density at radius 3 is 3.14 bits per heavy atom. The number of hydrogen-bond acceptors (Lipinski definition) is 4. The number of nitrogens with one attached hydrogen (secondary N) is 1. The second-order valence-corrected chi connectivity index (χ2v) is 3.73. The lowest BCUT2D eigenvalue weighted by Crippen LogP contribution is -2.42. The Bertz CT molecular complexity index is 255. The molecule has 0 bridgehead atoms. The summed E-state index contributed by atoms with van der Waals surface area (Å²) in [4.78, 5) is 0. The number of hydrogen-bond donors (Lipinski definition) is 2. The lowest BCUT2D eigenvalue weighted by atomic mass is 9.94. The van der Waals surface area contributed by atoms with Crippen LogP contribution in [-0.2, 0) is 11.2 Å². The SMILES string of the molecule is NNC(Cc1ccoc1)C1CCOC1. The van der Waals surface area contributed by atoms with Crippen molar-refractivity contribution in [3.8, 4) is 0 Å². The summed E-state index contributed by atoms with van der Waals surface area (Å²) in [5.41, 5.74) is 4.04. The minimum atomic E-state index is 0.287. The van der Waals surface area contributed by atoms with Gasteiger partial charge < -0.3 is 9.15 Å². The van der Waals surface area contributed by atoms with Crippen LogP contribution in [0, 0.1) is 5.92 Å². The zero-order valence-corrected chi connectivity index (χ0v) is 8.11. The van der Waals surface area contributed by atoms with Gasteiger partial charge in [-0.3, -0.25) is 11.3 Å². The zero-order chi connectivity index (χ0) is 9.80. The summed E-state index contributed by atoms with van der Waals surface area (Å²) in [6.45, 7) is 1.67. The van der Waals surface area contributed by atoms with E-state index in [0.717, 1.165) is 26.1 Å². The van der Waals surface area contributed by atoms with E-state index >= 15 is 0 Å². The molecule has 4 nitrogen and oxygen atoms in total. The molecule has 2 atom stereocenters. The van der Waals surface area contributed by atoms with Crippen molar-refractivity contribution in [3.05, 3.63) is 24.2 Å². The average Bonchev–Trinajstić information content (AvgIpc) is 2.86. The molecular weight excluding hydrogens is 180 g/mol. The molecule has 78 valence electrons. The molecule has 0 aromatic carbocycles. The minimum absolute atomic E-state index is 0.287. The topological polar surface area (TPSA) is 60.4 Å². The minimum Gasteiger partial charge on any atom is -0.472 e. The normalized spacial score (nSPS) is 23.9. The van der Waals surface area contributed by atoms with Crippen LogP contribution in [0.2, 0.25) is 0 Å². The largest absolute Gasteiger partial charge is 0.472 e. The van der Waals surface area contributed by atoms with Crippen LogP contribution in [0.5, 0.6) is 0 Å². The highest BCUT2D eigenvalue weighted by atomic mass is 16.5. The number of furan rings is 1. The molecule has 14 heavy (non-hydrogen) atoms. The Kier molecular flexibility index (Phi) is 3.18. The van der Waals surface area contributed by atoms with E-state index in [9.17, 15) is 0 Å². The van der Waals surface area contributed by atoms with Gasteiger partial charge in [-0.1, -0.05) is 0 Å². The fraction of sp³-hybridized carbons (Fsp3) is 0.600. The summed E-state index contributed by atoms with van der Waals surface area (Å²) >= 11 is 0. The molecule has 2 rings (SSSR count).